The minimum atomic E-state index is 0.568. The fourth-order valence-corrected chi connectivity index (χ4v) is 9.05. The first-order valence-corrected chi connectivity index (χ1v) is 19.5. The van der Waals surface area contributed by atoms with E-state index in [1.807, 2.05) is 36.4 Å². The number of benzene rings is 7. The second-order valence-corrected chi connectivity index (χ2v) is 14.8. The molecule has 7 aromatic carbocycles. The Morgan fingerprint density at radius 1 is 0.386 bits per heavy atom. The largest absolute Gasteiger partial charge is 0.310 e. The lowest BCUT2D eigenvalue weighted by atomic mass is 10.0. The highest BCUT2D eigenvalue weighted by molar-refractivity contribution is 6.12. The molecule has 11 aromatic rings. The van der Waals surface area contributed by atoms with Crippen molar-refractivity contribution in [3.63, 3.8) is 0 Å². The second-order valence-electron chi connectivity index (χ2n) is 14.8. The normalized spacial score (nSPS) is 12.7. The molecule has 0 spiro atoms. The van der Waals surface area contributed by atoms with Crippen LogP contribution in [0.1, 0.15) is 17.7 Å². The number of fused-ring (bicyclic) bond motifs is 9. The minimum Gasteiger partial charge on any atom is -0.310 e. The van der Waals surface area contributed by atoms with Gasteiger partial charge < -0.3 is 9.13 Å². The highest BCUT2D eigenvalue weighted by atomic mass is 15.2. The monoisotopic (exact) mass is 730 g/mol. The molecule has 0 bridgehead atoms. The van der Waals surface area contributed by atoms with Crippen LogP contribution in [0, 0.1) is 0 Å². The molecule has 1 aliphatic rings. The van der Waals surface area contributed by atoms with Crippen LogP contribution in [0.25, 0.3) is 101 Å². The van der Waals surface area contributed by atoms with Gasteiger partial charge in [-0.25, -0.2) is 4.98 Å². The summed E-state index contributed by atoms with van der Waals surface area (Å²) in [5.41, 5.74) is 12.3. The molecule has 0 N–H and O–H groups in total. The predicted octanol–water partition coefficient (Wildman–Crippen LogP) is 12.3. The van der Waals surface area contributed by atoms with E-state index in [1.165, 1.54) is 44.0 Å². The van der Waals surface area contributed by atoms with Crippen molar-refractivity contribution in [3.05, 3.63) is 187 Å². The van der Waals surface area contributed by atoms with Crippen molar-refractivity contribution in [2.75, 3.05) is 0 Å². The average Bonchev–Trinajstić information content (AvgIpc) is 3.92. The number of para-hydroxylation sites is 3. The van der Waals surface area contributed by atoms with E-state index in [1.54, 1.807) is 0 Å². The van der Waals surface area contributed by atoms with Crippen molar-refractivity contribution in [1.82, 2.24) is 28.7 Å². The lowest BCUT2D eigenvalue weighted by molar-refractivity contribution is 0.950. The summed E-state index contributed by atoms with van der Waals surface area (Å²) >= 11 is 0. The molecule has 4 heterocycles. The number of hydrogen-bond donors (Lipinski definition) is 0. The van der Waals surface area contributed by atoms with Crippen molar-refractivity contribution >= 4 is 60.6 Å². The molecule has 4 aromatic heterocycles. The number of hydrogen-bond acceptors (Lipinski definition) is 3. The molecular formula is C51H34N6. The molecule has 6 nitrogen and oxygen atoms in total. The maximum absolute atomic E-state index is 5.29. The highest BCUT2D eigenvalue weighted by Crippen LogP contribution is 2.39. The van der Waals surface area contributed by atoms with Crippen LogP contribution in [0.5, 0.6) is 0 Å². The van der Waals surface area contributed by atoms with Gasteiger partial charge in [-0.3, -0.25) is 4.57 Å². The molecule has 0 aliphatic heterocycles. The first kappa shape index (κ1) is 31.7. The Morgan fingerprint density at radius 2 is 0.860 bits per heavy atom. The molecule has 0 atom stereocenters. The number of allylic oxidation sites excluding steroid dienone is 1. The van der Waals surface area contributed by atoms with Crippen molar-refractivity contribution in [2.45, 2.75) is 12.8 Å². The maximum Gasteiger partial charge on any atom is 0.238 e. The number of aryl methyl sites for hydroxylation is 1. The van der Waals surface area contributed by atoms with E-state index in [2.05, 4.69) is 159 Å². The van der Waals surface area contributed by atoms with Gasteiger partial charge in [-0.1, -0.05) is 133 Å². The third-order valence-corrected chi connectivity index (χ3v) is 11.6. The Labute approximate surface area is 328 Å². The first-order chi connectivity index (χ1) is 28.3. The first-order valence-electron chi connectivity index (χ1n) is 19.5. The highest BCUT2D eigenvalue weighted by Gasteiger charge is 2.23. The van der Waals surface area contributed by atoms with Crippen molar-refractivity contribution in [1.29, 1.82) is 0 Å². The summed E-state index contributed by atoms with van der Waals surface area (Å²) in [6.45, 7) is 0. The number of nitrogens with zero attached hydrogens (tertiary/aromatic N) is 6. The summed E-state index contributed by atoms with van der Waals surface area (Å²) in [6.07, 6.45) is 6.67. The molecule has 0 unspecified atom stereocenters. The number of rotatable bonds is 5. The zero-order valence-corrected chi connectivity index (χ0v) is 30.9. The van der Waals surface area contributed by atoms with Gasteiger partial charge in [-0.2, -0.15) is 9.97 Å². The third-order valence-electron chi connectivity index (χ3n) is 11.6. The van der Waals surface area contributed by atoms with Gasteiger partial charge in [0.25, 0.3) is 0 Å². The average molecular weight is 731 g/mol. The summed E-state index contributed by atoms with van der Waals surface area (Å²) in [5.74, 6) is 1.82. The van der Waals surface area contributed by atoms with Crippen LogP contribution in [-0.2, 0) is 6.42 Å². The zero-order chi connectivity index (χ0) is 37.5. The maximum atomic E-state index is 5.29. The van der Waals surface area contributed by atoms with Gasteiger partial charge in [-0.15, -0.1) is 0 Å². The van der Waals surface area contributed by atoms with Gasteiger partial charge >= 0.3 is 0 Å². The second kappa shape index (κ2) is 12.5. The molecule has 268 valence electrons. The van der Waals surface area contributed by atoms with Gasteiger partial charge in [0.1, 0.15) is 0 Å². The fourth-order valence-electron chi connectivity index (χ4n) is 9.05. The van der Waals surface area contributed by atoms with Crippen molar-refractivity contribution < 1.29 is 0 Å². The van der Waals surface area contributed by atoms with E-state index < -0.39 is 0 Å². The minimum absolute atomic E-state index is 0.568. The van der Waals surface area contributed by atoms with Crippen LogP contribution in [-0.4, -0.2) is 28.7 Å². The summed E-state index contributed by atoms with van der Waals surface area (Å²) in [6, 6.07) is 60.2. The lowest BCUT2D eigenvalue weighted by Gasteiger charge is -2.14. The summed E-state index contributed by atoms with van der Waals surface area (Å²) in [5, 5.41) is 6.03. The zero-order valence-electron chi connectivity index (χ0n) is 30.9. The Bertz CT molecular complexity index is 3290. The molecule has 0 fully saturated rings. The van der Waals surface area contributed by atoms with Crippen LogP contribution in [0.4, 0.5) is 0 Å². The Kier molecular flexibility index (Phi) is 6.95. The molecule has 1 aliphatic carbocycles. The van der Waals surface area contributed by atoms with Crippen LogP contribution >= 0.6 is 0 Å². The molecule has 0 saturated heterocycles. The smallest absolute Gasteiger partial charge is 0.238 e. The molecule has 0 radical (unpaired) electrons. The standard InChI is InChI=1S/C51H34N6/c1-3-15-33(16-4-1)49-52-50(34-17-5-2-6-18-34)54-51(53-49)57-47-31-35(55-43-23-11-7-19-37(43)38-20-8-12-24-44(38)55)27-29-41(47)42-30-28-36(32-48(42)57)56-45-25-13-9-21-39(45)40-22-10-14-26-46(40)56/h1-9,11-21,23-32H,10,22H2. The van der Waals surface area contributed by atoms with Gasteiger partial charge in [0.2, 0.25) is 5.95 Å². The van der Waals surface area contributed by atoms with E-state index in [4.69, 9.17) is 15.0 Å². The van der Waals surface area contributed by atoms with Crippen molar-refractivity contribution in [2.24, 2.45) is 0 Å². The van der Waals surface area contributed by atoms with E-state index in [9.17, 15) is 0 Å². The molecule has 0 amide bonds. The lowest BCUT2D eigenvalue weighted by Crippen LogP contribution is -2.07. The molecule has 12 rings (SSSR count). The van der Waals surface area contributed by atoms with Crippen LogP contribution in [0.2, 0.25) is 0 Å². The molecular weight excluding hydrogens is 697 g/mol. The molecule has 57 heavy (non-hydrogen) atoms. The molecule has 6 heteroatoms. The molecule has 0 saturated carbocycles. The van der Waals surface area contributed by atoms with E-state index in [0.717, 1.165) is 57.1 Å². The number of aromatic nitrogens is 6. The SMILES string of the molecule is C1=Cc2c(c3ccccc3n2-c2ccc3c4ccc(-n5c6ccccc6c6ccccc65)cc4n(-c4nc(-c5ccccc5)nc(-c5ccccc5)n4)c3c2)CC1. The summed E-state index contributed by atoms with van der Waals surface area (Å²) < 4.78 is 7.05. The third kappa shape index (κ3) is 4.87. The van der Waals surface area contributed by atoms with Gasteiger partial charge in [0.05, 0.1) is 27.6 Å². The van der Waals surface area contributed by atoms with Crippen LogP contribution in [0.15, 0.2) is 176 Å². The Hall–Kier alpha value is -7.57. The summed E-state index contributed by atoms with van der Waals surface area (Å²) in [4.78, 5) is 15.6. The predicted molar refractivity (Wildman–Crippen MR) is 234 cm³/mol. The Balaban J connectivity index is 1.19. The topological polar surface area (TPSA) is 53.5 Å². The Morgan fingerprint density at radius 3 is 1.44 bits per heavy atom. The van der Waals surface area contributed by atoms with Gasteiger partial charge in [0, 0.05) is 55.1 Å². The van der Waals surface area contributed by atoms with E-state index >= 15 is 0 Å². The van der Waals surface area contributed by atoms with Crippen LogP contribution in [0.3, 0.4) is 0 Å². The van der Waals surface area contributed by atoms with Crippen LogP contribution < -0.4 is 0 Å². The van der Waals surface area contributed by atoms with Crippen molar-refractivity contribution in [3.8, 4) is 40.1 Å². The quantitative estimate of drug-likeness (QED) is 0.177. The fraction of sp³-hybridized carbons (Fsp3) is 0.0392. The van der Waals surface area contributed by atoms with E-state index in [0.29, 0.717) is 17.6 Å². The van der Waals surface area contributed by atoms with Gasteiger partial charge in [0.15, 0.2) is 11.6 Å². The van der Waals surface area contributed by atoms with E-state index in [-0.39, 0.29) is 0 Å². The van der Waals surface area contributed by atoms with Gasteiger partial charge in [-0.05, 0) is 66.9 Å². The summed E-state index contributed by atoms with van der Waals surface area (Å²) in [7, 11) is 0.